The van der Waals surface area contributed by atoms with Crippen LogP contribution in [0.2, 0.25) is 0 Å². The second-order valence-electron chi connectivity index (χ2n) is 8.90. The molecular weight excluding hydrogens is 304 g/mol. The van der Waals surface area contributed by atoms with E-state index in [1.54, 1.807) is 0 Å². The molecule has 6 heteroatoms. The average Bonchev–Trinajstić information content (AvgIpc) is 2.32. The third kappa shape index (κ3) is 2.96. The standard InChI is InChI=1S/C17H25F2NO3/c1-15-4-10-5-16(2,7-15)9-17(6-10,8-15)14(23)20-11(13(21)22)3-12(18)19/h10-12H,3-9H2,1-2H3,(H,20,23)(H,21,22). The molecule has 3 atom stereocenters. The highest BCUT2D eigenvalue weighted by Crippen LogP contribution is 2.69. The van der Waals surface area contributed by atoms with Gasteiger partial charge in [0.15, 0.2) is 0 Å². The maximum absolute atomic E-state index is 12.9. The summed E-state index contributed by atoms with van der Waals surface area (Å²) in [5.41, 5.74) is -0.335. The number of amides is 1. The summed E-state index contributed by atoms with van der Waals surface area (Å²) in [7, 11) is 0. The minimum atomic E-state index is -2.75. The highest BCUT2D eigenvalue weighted by molar-refractivity contribution is 5.88. The Bertz CT molecular complexity index is 518. The molecule has 0 heterocycles. The monoisotopic (exact) mass is 329 g/mol. The van der Waals surface area contributed by atoms with E-state index in [-0.39, 0.29) is 16.7 Å². The number of hydrogen-bond acceptors (Lipinski definition) is 2. The zero-order valence-electron chi connectivity index (χ0n) is 13.7. The molecule has 4 aliphatic rings. The van der Waals surface area contributed by atoms with E-state index < -0.39 is 30.3 Å². The molecule has 4 nitrogen and oxygen atoms in total. The minimum Gasteiger partial charge on any atom is -0.480 e. The predicted octanol–water partition coefficient (Wildman–Crippen LogP) is 3.21. The molecule has 0 aromatic heterocycles. The van der Waals surface area contributed by atoms with Crippen molar-refractivity contribution in [2.45, 2.75) is 71.3 Å². The van der Waals surface area contributed by atoms with Gasteiger partial charge in [-0.15, -0.1) is 0 Å². The van der Waals surface area contributed by atoms with Crippen LogP contribution in [0.5, 0.6) is 0 Å². The van der Waals surface area contributed by atoms with E-state index >= 15 is 0 Å². The number of carbonyl (C=O) groups excluding carboxylic acids is 1. The average molecular weight is 329 g/mol. The van der Waals surface area contributed by atoms with Crippen LogP contribution in [0.1, 0.15) is 58.8 Å². The van der Waals surface area contributed by atoms with Crippen molar-refractivity contribution in [1.82, 2.24) is 5.32 Å². The largest absolute Gasteiger partial charge is 0.480 e. The van der Waals surface area contributed by atoms with Crippen LogP contribution in [-0.2, 0) is 9.59 Å². The number of carboxylic acids is 1. The summed E-state index contributed by atoms with van der Waals surface area (Å²) in [4.78, 5) is 24.0. The Morgan fingerprint density at radius 3 is 2.13 bits per heavy atom. The summed E-state index contributed by atoms with van der Waals surface area (Å²) in [5.74, 6) is -1.22. The van der Waals surface area contributed by atoms with E-state index in [4.69, 9.17) is 5.11 Å². The van der Waals surface area contributed by atoms with Crippen molar-refractivity contribution in [3.63, 3.8) is 0 Å². The van der Waals surface area contributed by atoms with Crippen molar-refractivity contribution >= 4 is 11.9 Å². The summed E-state index contributed by atoms with van der Waals surface area (Å²) in [6.07, 6.45) is 2.03. The number of halogens is 2. The molecule has 4 bridgehead atoms. The summed E-state index contributed by atoms with van der Waals surface area (Å²) >= 11 is 0. The van der Waals surface area contributed by atoms with E-state index in [1.807, 2.05) is 0 Å². The first kappa shape index (κ1) is 16.7. The highest BCUT2D eigenvalue weighted by Gasteiger charge is 2.62. The molecule has 0 spiro atoms. The summed E-state index contributed by atoms with van der Waals surface area (Å²) in [6, 6.07) is -1.50. The van der Waals surface area contributed by atoms with Gasteiger partial charge in [0.25, 0.3) is 0 Å². The molecule has 23 heavy (non-hydrogen) atoms. The van der Waals surface area contributed by atoms with E-state index in [0.29, 0.717) is 5.92 Å². The summed E-state index contributed by atoms with van der Waals surface area (Å²) in [5, 5.41) is 11.5. The number of hydrogen-bond donors (Lipinski definition) is 2. The lowest BCUT2D eigenvalue weighted by Crippen LogP contribution is -2.61. The Morgan fingerprint density at radius 2 is 1.70 bits per heavy atom. The van der Waals surface area contributed by atoms with Gasteiger partial charge in [-0.05, 0) is 55.3 Å². The van der Waals surface area contributed by atoms with Gasteiger partial charge in [0.05, 0.1) is 5.41 Å². The highest BCUT2D eigenvalue weighted by atomic mass is 19.3. The van der Waals surface area contributed by atoms with Crippen LogP contribution in [0.4, 0.5) is 8.78 Å². The first-order valence-corrected chi connectivity index (χ1v) is 8.37. The maximum atomic E-state index is 12.9. The third-order valence-electron chi connectivity index (χ3n) is 6.13. The van der Waals surface area contributed by atoms with Crippen LogP contribution in [0, 0.1) is 22.2 Å². The van der Waals surface area contributed by atoms with Gasteiger partial charge in [-0.25, -0.2) is 13.6 Å². The van der Waals surface area contributed by atoms with E-state index in [2.05, 4.69) is 19.2 Å². The Balaban J connectivity index is 1.80. The number of carbonyl (C=O) groups is 2. The second-order valence-corrected chi connectivity index (χ2v) is 8.90. The number of aliphatic carboxylic acids is 1. The van der Waals surface area contributed by atoms with Crippen LogP contribution >= 0.6 is 0 Å². The molecule has 4 aliphatic carbocycles. The number of alkyl halides is 2. The smallest absolute Gasteiger partial charge is 0.326 e. The van der Waals surface area contributed by atoms with E-state index in [9.17, 15) is 18.4 Å². The van der Waals surface area contributed by atoms with Gasteiger partial charge in [-0.1, -0.05) is 13.8 Å². The van der Waals surface area contributed by atoms with Crippen LogP contribution in [0.15, 0.2) is 0 Å². The number of rotatable bonds is 5. The molecule has 4 saturated carbocycles. The molecular formula is C17H25F2NO3. The van der Waals surface area contributed by atoms with E-state index in [1.165, 1.54) is 0 Å². The minimum absolute atomic E-state index is 0.118. The van der Waals surface area contributed by atoms with Gasteiger partial charge in [0.2, 0.25) is 12.3 Å². The topological polar surface area (TPSA) is 66.4 Å². The van der Waals surface area contributed by atoms with Crippen molar-refractivity contribution in [2.75, 3.05) is 0 Å². The first-order chi connectivity index (χ1) is 10.5. The molecule has 0 saturated heterocycles. The molecule has 2 N–H and O–H groups in total. The third-order valence-corrected chi connectivity index (χ3v) is 6.13. The Hall–Kier alpha value is -1.20. The Kier molecular flexibility index (Phi) is 3.73. The molecule has 0 aromatic rings. The van der Waals surface area contributed by atoms with Crippen molar-refractivity contribution in [2.24, 2.45) is 22.2 Å². The van der Waals surface area contributed by atoms with Crippen LogP contribution in [-0.4, -0.2) is 29.5 Å². The maximum Gasteiger partial charge on any atom is 0.326 e. The molecule has 0 aliphatic heterocycles. The van der Waals surface area contributed by atoms with Crippen molar-refractivity contribution in [1.29, 1.82) is 0 Å². The fourth-order valence-electron chi connectivity index (χ4n) is 6.41. The first-order valence-electron chi connectivity index (χ1n) is 8.37. The van der Waals surface area contributed by atoms with Gasteiger partial charge in [0.1, 0.15) is 6.04 Å². The van der Waals surface area contributed by atoms with Gasteiger partial charge in [-0.2, -0.15) is 0 Å². The fourth-order valence-corrected chi connectivity index (χ4v) is 6.41. The lowest BCUT2D eigenvalue weighted by atomic mass is 9.40. The van der Waals surface area contributed by atoms with Crippen LogP contribution in [0.25, 0.3) is 0 Å². The Labute approximate surface area is 135 Å². The normalized spacial score (nSPS) is 42.7. The quantitative estimate of drug-likeness (QED) is 0.814. The van der Waals surface area contributed by atoms with Crippen molar-refractivity contribution < 1.29 is 23.5 Å². The van der Waals surface area contributed by atoms with Gasteiger partial charge >= 0.3 is 5.97 Å². The lowest BCUT2D eigenvalue weighted by molar-refractivity contribution is -0.172. The molecule has 0 radical (unpaired) electrons. The number of carboxylic acid groups (broad SMARTS) is 1. The molecule has 130 valence electrons. The van der Waals surface area contributed by atoms with Crippen LogP contribution < -0.4 is 5.32 Å². The SMILES string of the molecule is CC12CC3CC(C)(C1)CC(C(=O)NC(CC(F)F)C(=O)O)(C3)C2. The zero-order chi connectivity index (χ0) is 17.0. The number of nitrogens with one attached hydrogen (secondary N) is 1. The Morgan fingerprint density at radius 1 is 1.13 bits per heavy atom. The predicted molar refractivity (Wildman–Crippen MR) is 80.0 cm³/mol. The van der Waals surface area contributed by atoms with Crippen molar-refractivity contribution in [3.05, 3.63) is 0 Å². The van der Waals surface area contributed by atoms with Gasteiger partial charge < -0.3 is 10.4 Å². The van der Waals surface area contributed by atoms with Gasteiger partial charge in [0, 0.05) is 6.42 Å². The summed E-state index contributed by atoms with van der Waals surface area (Å²) < 4.78 is 25.1. The van der Waals surface area contributed by atoms with E-state index in [0.717, 1.165) is 38.5 Å². The zero-order valence-corrected chi connectivity index (χ0v) is 13.7. The molecule has 0 aromatic carbocycles. The molecule has 3 unspecified atom stereocenters. The van der Waals surface area contributed by atoms with Crippen LogP contribution in [0.3, 0.4) is 0 Å². The molecule has 4 rings (SSSR count). The van der Waals surface area contributed by atoms with Crippen molar-refractivity contribution in [3.8, 4) is 0 Å². The lowest BCUT2D eigenvalue weighted by Gasteiger charge is -2.64. The van der Waals surface area contributed by atoms with Gasteiger partial charge in [-0.3, -0.25) is 4.79 Å². The molecule has 1 amide bonds. The fraction of sp³-hybridized carbons (Fsp3) is 0.882. The summed E-state index contributed by atoms with van der Waals surface area (Å²) in [6.45, 7) is 4.43. The second kappa shape index (κ2) is 5.15. The molecule has 4 fully saturated rings.